The van der Waals surface area contributed by atoms with E-state index in [1.54, 1.807) is 4.90 Å². The Bertz CT molecular complexity index is 522. The van der Waals surface area contributed by atoms with Gasteiger partial charge < -0.3 is 14.2 Å². The monoisotopic (exact) mass is 321 g/mol. The second kappa shape index (κ2) is 6.89. The van der Waals surface area contributed by atoms with Gasteiger partial charge in [0, 0.05) is 0 Å². The Labute approximate surface area is 138 Å². The van der Waals surface area contributed by atoms with Gasteiger partial charge in [-0.15, -0.1) is 0 Å². The third-order valence-electron chi connectivity index (χ3n) is 3.59. The van der Waals surface area contributed by atoms with Gasteiger partial charge in [0.05, 0.1) is 25.9 Å². The lowest BCUT2D eigenvalue weighted by atomic mass is 10.2. The Balaban J connectivity index is 1.95. The third kappa shape index (κ3) is 4.94. The summed E-state index contributed by atoms with van der Waals surface area (Å²) in [5.74, 6) is 0. The molecule has 0 saturated carbocycles. The highest BCUT2D eigenvalue weighted by Crippen LogP contribution is 2.29. The molecule has 1 aliphatic rings. The SMILES string of the molecule is CC(C)(C)OC(=O)N1C(COCc2ccccc2)COC1(C)C. The molecule has 0 N–H and O–H groups in total. The van der Waals surface area contributed by atoms with E-state index in [0.717, 1.165) is 5.56 Å². The maximum absolute atomic E-state index is 12.5. The van der Waals surface area contributed by atoms with Crippen molar-refractivity contribution in [2.75, 3.05) is 13.2 Å². The zero-order valence-electron chi connectivity index (χ0n) is 14.7. The minimum Gasteiger partial charge on any atom is -0.444 e. The summed E-state index contributed by atoms with van der Waals surface area (Å²) in [6, 6.07) is 9.81. The molecule has 0 radical (unpaired) electrons. The molecule has 5 nitrogen and oxygen atoms in total. The maximum atomic E-state index is 12.5. The number of hydrogen-bond donors (Lipinski definition) is 0. The molecule has 1 amide bonds. The van der Waals surface area contributed by atoms with E-state index >= 15 is 0 Å². The molecule has 0 aliphatic carbocycles. The summed E-state index contributed by atoms with van der Waals surface area (Å²) in [7, 11) is 0. The van der Waals surface area contributed by atoms with Gasteiger partial charge in [-0.1, -0.05) is 30.3 Å². The van der Waals surface area contributed by atoms with E-state index in [4.69, 9.17) is 14.2 Å². The van der Waals surface area contributed by atoms with Crippen LogP contribution in [0.3, 0.4) is 0 Å². The molecule has 1 atom stereocenters. The van der Waals surface area contributed by atoms with Gasteiger partial charge >= 0.3 is 6.09 Å². The largest absolute Gasteiger partial charge is 0.444 e. The van der Waals surface area contributed by atoms with Gasteiger partial charge in [-0.2, -0.15) is 0 Å². The van der Waals surface area contributed by atoms with Crippen molar-refractivity contribution in [1.29, 1.82) is 0 Å². The molecule has 0 spiro atoms. The molecular formula is C18H27NO4. The van der Waals surface area contributed by atoms with E-state index in [1.165, 1.54) is 0 Å². The lowest BCUT2D eigenvalue weighted by Gasteiger charge is -2.35. The zero-order valence-corrected chi connectivity index (χ0v) is 14.7. The van der Waals surface area contributed by atoms with Crippen LogP contribution in [0.25, 0.3) is 0 Å². The molecule has 1 unspecified atom stereocenters. The Kier molecular flexibility index (Phi) is 5.32. The fourth-order valence-corrected chi connectivity index (χ4v) is 2.57. The first-order valence-electron chi connectivity index (χ1n) is 7.97. The van der Waals surface area contributed by atoms with E-state index in [9.17, 15) is 4.79 Å². The van der Waals surface area contributed by atoms with E-state index in [0.29, 0.717) is 19.8 Å². The van der Waals surface area contributed by atoms with Crippen molar-refractivity contribution in [3.63, 3.8) is 0 Å². The zero-order chi connectivity index (χ0) is 17.1. The number of ether oxygens (including phenoxy) is 3. The molecule has 0 aromatic heterocycles. The third-order valence-corrected chi connectivity index (χ3v) is 3.59. The van der Waals surface area contributed by atoms with Crippen LogP contribution in [-0.4, -0.2) is 41.6 Å². The molecule has 1 fully saturated rings. The first kappa shape index (κ1) is 17.8. The topological polar surface area (TPSA) is 48.0 Å². The maximum Gasteiger partial charge on any atom is 0.412 e. The highest BCUT2D eigenvalue weighted by Gasteiger charge is 2.45. The van der Waals surface area contributed by atoms with Crippen molar-refractivity contribution >= 4 is 6.09 Å². The van der Waals surface area contributed by atoms with Crippen LogP contribution in [0.5, 0.6) is 0 Å². The number of nitrogens with zero attached hydrogens (tertiary/aromatic N) is 1. The van der Waals surface area contributed by atoms with Gasteiger partial charge in [-0.05, 0) is 40.2 Å². The summed E-state index contributed by atoms with van der Waals surface area (Å²) in [6.45, 7) is 10.7. The van der Waals surface area contributed by atoms with E-state index < -0.39 is 11.3 Å². The van der Waals surface area contributed by atoms with Gasteiger partial charge in [0.15, 0.2) is 0 Å². The van der Waals surface area contributed by atoms with Crippen LogP contribution in [0.4, 0.5) is 4.79 Å². The summed E-state index contributed by atoms with van der Waals surface area (Å²) in [4.78, 5) is 14.1. The molecule has 0 bridgehead atoms. The minimum absolute atomic E-state index is 0.149. The average Bonchev–Trinajstić information content (AvgIpc) is 2.73. The van der Waals surface area contributed by atoms with Crippen molar-refractivity contribution in [3.8, 4) is 0 Å². The number of carbonyl (C=O) groups is 1. The second-order valence-corrected chi connectivity index (χ2v) is 7.26. The Morgan fingerprint density at radius 3 is 2.57 bits per heavy atom. The summed E-state index contributed by atoms with van der Waals surface area (Å²) in [5.41, 5.74) is -0.122. The highest BCUT2D eigenvalue weighted by molar-refractivity contribution is 5.69. The molecule has 2 rings (SSSR count). The number of benzene rings is 1. The van der Waals surface area contributed by atoms with Gasteiger partial charge in [-0.3, -0.25) is 4.90 Å². The number of amides is 1. The van der Waals surface area contributed by atoms with Crippen molar-refractivity contribution in [3.05, 3.63) is 35.9 Å². The first-order chi connectivity index (χ1) is 10.7. The molecule has 128 valence electrons. The smallest absolute Gasteiger partial charge is 0.412 e. The number of hydrogen-bond acceptors (Lipinski definition) is 4. The molecule has 5 heteroatoms. The molecule has 1 aliphatic heterocycles. The number of carbonyl (C=O) groups excluding carboxylic acids is 1. The Morgan fingerprint density at radius 1 is 1.30 bits per heavy atom. The highest BCUT2D eigenvalue weighted by atomic mass is 16.6. The summed E-state index contributed by atoms with van der Waals surface area (Å²) in [5, 5.41) is 0. The predicted molar refractivity (Wildman–Crippen MR) is 88.0 cm³/mol. The average molecular weight is 321 g/mol. The molecule has 1 aromatic rings. The Morgan fingerprint density at radius 2 is 1.96 bits per heavy atom. The van der Waals surface area contributed by atoms with E-state index in [1.807, 2.05) is 65.0 Å². The Hall–Kier alpha value is -1.59. The lowest BCUT2D eigenvalue weighted by molar-refractivity contribution is -0.0658. The van der Waals surface area contributed by atoms with Crippen molar-refractivity contribution < 1.29 is 19.0 Å². The van der Waals surface area contributed by atoms with Gasteiger partial charge in [0.2, 0.25) is 0 Å². The molecule has 1 aromatic carbocycles. The molecule has 23 heavy (non-hydrogen) atoms. The fourth-order valence-electron chi connectivity index (χ4n) is 2.57. The van der Waals surface area contributed by atoms with Gasteiger partial charge in [0.1, 0.15) is 11.3 Å². The van der Waals surface area contributed by atoms with Crippen LogP contribution in [-0.2, 0) is 20.8 Å². The van der Waals surface area contributed by atoms with Crippen LogP contribution in [0.1, 0.15) is 40.2 Å². The minimum atomic E-state index is -0.691. The first-order valence-corrected chi connectivity index (χ1v) is 7.97. The van der Waals surface area contributed by atoms with Crippen LogP contribution >= 0.6 is 0 Å². The van der Waals surface area contributed by atoms with Gasteiger partial charge in [0.25, 0.3) is 0 Å². The summed E-state index contributed by atoms with van der Waals surface area (Å²) < 4.78 is 17.0. The van der Waals surface area contributed by atoms with Crippen molar-refractivity contribution in [2.24, 2.45) is 0 Å². The van der Waals surface area contributed by atoms with Gasteiger partial charge in [-0.25, -0.2) is 4.79 Å². The fraction of sp³-hybridized carbons (Fsp3) is 0.611. The predicted octanol–water partition coefficient (Wildman–Crippen LogP) is 3.58. The summed E-state index contributed by atoms with van der Waals surface area (Å²) in [6.07, 6.45) is -0.367. The van der Waals surface area contributed by atoms with Crippen LogP contribution in [0.15, 0.2) is 30.3 Å². The summed E-state index contributed by atoms with van der Waals surface area (Å²) >= 11 is 0. The van der Waals surface area contributed by atoms with Crippen LogP contribution in [0.2, 0.25) is 0 Å². The van der Waals surface area contributed by atoms with Crippen LogP contribution in [0, 0.1) is 0 Å². The van der Waals surface area contributed by atoms with Crippen LogP contribution < -0.4 is 0 Å². The van der Waals surface area contributed by atoms with Crippen molar-refractivity contribution in [1.82, 2.24) is 4.90 Å². The lowest BCUT2D eigenvalue weighted by Crippen LogP contribution is -2.51. The molecule has 1 heterocycles. The molecular weight excluding hydrogens is 294 g/mol. The van der Waals surface area contributed by atoms with Crippen molar-refractivity contribution in [2.45, 2.75) is 58.6 Å². The standard InChI is InChI=1S/C18H27NO4/c1-17(2,3)23-16(20)19-15(13-22-18(19,4)5)12-21-11-14-9-7-6-8-10-14/h6-10,15H,11-13H2,1-5H3. The quantitative estimate of drug-likeness (QED) is 0.850. The second-order valence-electron chi connectivity index (χ2n) is 7.26. The normalized spacial score (nSPS) is 20.6. The van der Waals surface area contributed by atoms with E-state index in [-0.39, 0.29) is 12.1 Å². The van der Waals surface area contributed by atoms with E-state index in [2.05, 4.69) is 0 Å². The molecule has 1 saturated heterocycles. The number of rotatable bonds is 4.